The summed E-state index contributed by atoms with van der Waals surface area (Å²) < 4.78 is 16.8. The molecule has 4 rings (SSSR count). The van der Waals surface area contributed by atoms with Gasteiger partial charge in [0.15, 0.2) is 0 Å². The molecule has 4 nitrogen and oxygen atoms in total. The van der Waals surface area contributed by atoms with Gasteiger partial charge in [0.2, 0.25) is 0 Å². The van der Waals surface area contributed by atoms with Crippen LogP contribution < -0.4 is 0 Å². The van der Waals surface area contributed by atoms with E-state index in [1.807, 2.05) is 0 Å². The van der Waals surface area contributed by atoms with Crippen molar-refractivity contribution in [2.75, 3.05) is 0 Å². The van der Waals surface area contributed by atoms with Crippen molar-refractivity contribution in [3.05, 3.63) is 0 Å². The average Bonchev–Trinajstić information content (AvgIpc) is 3.21. The number of carbonyl (C=O) groups is 1. The maximum Gasteiger partial charge on any atom is 0.309 e. The van der Waals surface area contributed by atoms with E-state index in [9.17, 15) is 4.79 Å². The Morgan fingerprint density at radius 3 is 2.89 bits per heavy atom. The number of hydrogen-bond acceptors (Lipinski definition) is 4. The number of epoxide rings is 2. The first kappa shape index (κ1) is 11.2. The van der Waals surface area contributed by atoms with Gasteiger partial charge in [-0.2, -0.15) is 0 Å². The summed E-state index contributed by atoms with van der Waals surface area (Å²) in [6, 6.07) is 0. The van der Waals surface area contributed by atoms with E-state index < -0.39 is 0 Å². The molecular formula is C14H20O4. The molecule has 2 aliphatic carbocycles. The zero-order chi connectivity index (χ0) is 12.3. The van der Waals surface area contributed by atoms with Crippen LogP contribution >= 0.6 is 0 Å². The molecule has 6 atom stereocenters. The Labute approximate surface area is 107 Å². The smallest absolute Gasteiger partial charge is 0.309 e. The van der Waals surface area contributed by atoms with Crippen LogP contribution in [0.25, 0.3) is 0 Å². The minimum atomic E-state index is -0.00166. The summed E-state index contributed by atoms with van der Waals surface area (Å²) in [6.07, 6.45) is 6.89. The summed E-state index contributed by atoms with van der Waals surface area (Å²) in [6.45, 7) is 2.15. The van der Waals surface area contributed by atoms with Crippen LogP contribution in [0.1, 0.15) is 45.4 Å². The predicted molar refractivity (Wildman–Crippen MR) is 63.0 cm³/mol. The van der Waals surface area contributed by atoms with Gasteiger partial charge in [-0.3, -0.25) is 4.79 Å². The molecule has 18 heavy (non-hydrogen) atoms. The standard InChI is InChI=1S/C14H20O4/c1-14-5-4-9(7-12(14)18-14)16-13(15)8-2-3-10-11(6-8)17-10/h8-12H,2-7H2,1H3. The van der Waals surface area contributed by atoms with Crippen molar-refractivity contribution in [2.45, 2.75) is 75.5 Å². The lowest BCUT2D eigenvalue weighted by Crippen LogP contribution is -2.32. The van der Waals surface area contributed by atoms with Gasteiger partial charge < -0.3 is 14.2 Å². The van der Waals surface area contributed by atoms with Crippen LogP contribution in [0.3, 0.4) is 0 Å². The highest BCUT2D eigenvalue weighted by Crippen LogP contribution is 2.48. The van der Waals surface area contributed by atoms with Gasteiger partial charge >= 0.3 is 5.97 Å². The Morgan fingerprint density at radius 1 is 1.22 bits per heavy atom. The number of hydrogen-bond donors (Lipinski definition) is 0. The molecule has 4 aliphatic rings. The Kier molecular flexibility index (Phi) is 2.31. The third-order valence-corrected chi connectivity index (χ3v) is 5.10. The Hall–Kier alpha value is -0.610. The van der Waals surface area contributed by atoms with Crippen LogP contribution in [-0.2, 0) is 19.0 Å². The fourth-order valence-electron chi connectivity index (χ4n) is 3.60. The Morgan fingerprint density at radius 2 is 2.11 bits per heavy atom. The van der Waals surface area contributed by atoms with E-state index in [2.05, 4.69) is 6.92 Å². The van der Waals surface area contributed by atoms with Crippen LogP contribution in [0.15, 0.2) is 0 Å². The van der Waals surface area contributed by atoms with Crippen LogP contribution in [0.2, 0.25) is 0 Å². The van der Waals surface area contributed by atoms with E-state index in [1.165, 1.54) is 0 Å². The molecule has 2 saturated carbocycles. The van der Waals surface area contributed by atoms with Gasteiger partial charge in [0.1, 0.15) is 6.10 Å². The Bertz CT molecular complexity index is 382. The van der Waals surface area contributed by atoms with E-state index in [-0.39, 0.29) is 23.6 Å². The second-order valence-corrected chi connectivity index (χ2v) is 6.48. The molecule has 0 aromatic rings. The largest absolute Gasteiger partial charge is 0.462 e. The van der Waals surface area contributed by atoms with Crippen molar-refractivity contribution < 1.29 is 19.0 Å². The molecule has 0 spiro atoms. The minimum Gasteiger partial charge on any atom is -0.462 e. The highest BCUT2D eigenvalue weighted by atomic mass is 16.6. The van der Waals surface area contributed by atoms with E-state index >= 15 is 0 Å². The molecule has 4 heteroatoms. The van der Waals surface area contributed by atoms with Gasteiger partial charge in [-0.25, -0.2) is 0 Å². The molecule has 0 aromatic carbocycles. The molecule has 0 radical (unpaired) electrons. The third kappa shape index (κ3) is 1.86. The molecular weight excluding hydrogens is 232 g/mol. The van der Waals surface area contributed by atoms with Gasteiger partial charge in [-0.1, -0.05) is 0 Å². The average molecular weight is 252 g/mol. The number of carbonyl (C=O) groups excluding carboxylic acids is 1. The highest BCUT2D eigenvalue weighted by Gasteiger charge is 2.56. The zero-order valence-electron chi connectivity index (χ0n) is 10.8. The number of ether oxygens (including phenoxy) is 3. The fraction of sp³-hybridized carbons (Fsp3) is 0.929. The Balaban J connectivity index is 1.30. The van der Waals surface area contributed by atoms with Gasteiger partial charge in [0, 0.05) is 6.42 Å². The summed E-state index contributed by atoms with van der Waals surface area (Å²) in [4.78, 5) is 12.1. The van der Waals surface area contributed by atoms with Gasteiger partial charge in [0.25, 0.3) is 0 Å². The third-order valence-electron chi connectivity index (χ3n) is 5.10. The zero-order valence-corrected chi connectivity index (χ0v) is 10.8. The maximum atomic E-state index is 12.1. The number of rotatable bonds is 2. The molecule has 100 valence electrons. The van der Waals surface area contributed by atoms with Gasteiger partial charge in [-0.05, 0) is 39.0 Å². The molecule has 0 bridgehead atoms. The summed E-state index contributed by atoms with van der Waals surface area (Å²) in [7, 11) is 0. The van der Waals surface area contributed by atoms with E-state index in [0.717, 1.165) is 38.5 Å². The predicted octanol–water partition coefficient (Wildman–Crippen LogP) is 1.81. The van der Waals surface area contributed by atoms with Crippen molar-refractivity contribution in [3.63, 3.8) is 0 Å². The van der Waals surface area contributed by atoms with E-state index in [1.54, 1.807) is 0 Å². The van der Waals surface area contributed by atoms with Crippen molar-refractivity contribution in [2.24, 2.45) is 5.92 Å². The van der Waals surface area contributed by atoms with Crippen LogP contribution in [0.4, 0.5) is 0 Å². The lowest BCUT2D eigenvalue weighted by Gasteiger charge is -2.25. The van der Waals surface area contributed by atoms with Gasteiger partial charge in [-0.15, -0.1) is 0 Å². The first-order chi connectivity index (χ1) is 8.64. The molecule has 2 aliphatic heterocycles. The second kappa shape index (κ2) is 3.70. The van der Waals surface area contributed by atoms with Gasteiger partial charge in [0.05, 0.1) is 29.8 Å². The lowest BCUT2D eigenvalue weighted by molar-refractivity contribution is -0.156. The summed E-state index contributed by atoms with van der Waals surface area (Å²) >= 11 is 0. The lowest BCUT2D eigenvalue weighted by atomic mass is 9.87. The van der Waals surface area contributed by atoms with E-state index in [4.69, 9.17) is 14.2 Å². The minimum absolute atomic E-state index is 0.00166. The summed E-state index contributed by atoms with van der Waals surface area (Å²) in [5, 5.41) is 0. The van der Waals surface area contributed by atoms with Crippen LogP contribution in [-0.4, -0.2) is 36.0 Å². The van der Waals surface area contributed by atoms with Crippen molar-refractivity contribution >= 4 is 5.97 Å². The molecule has 2 heterocycles. The summed E-state index contributed by atoms with van der Waals surface area (Å²) in [5.74, 6) is 0.0698. The monoisotopic (exact) mass is 252 g/mol. The highest BCUT2D eigenvalue weighted by molar-refractivity contribution is 5.73. The van der Waals surface area contributed by atoms with Crippen molar-refractivity contribution in [1.29, 1.82) is 0 Å². The quantitative estimate of drug-likeness (QED) is 0.555. The molecule has 0 aromatic heterocycles. The molecule has 0 N–H and O–H groups in total. The normalized spacial score (nSPS) is 53.1. The molecule has 6 unspecified atom stereocenters. The van der Waals surface area contributed by atoms with E-state index in [0.29, 0.717) is 18.3 Å². The second-order valence-electron chi connectivity index (χ2n) is 6.48. The fourth-order valence-corrected chi connectivity index (χ4v) is 3.60. The number of fused-ring (bicyclic) bond motifs is 2. The first-order valence-corrected chi connectivity index (χ1v) is 7.18. The van der Waals surface area contributed by atoms with Crippen LogP contribution in [0, 0.1) is 5.92 Å². The van der Waals surface area contributed by atoms with Crippen molar-refractivity contribution in [3.8, 4) is 0 Å². The van der Waals surface area contributed by atoms with Crippen molar-refractivity contribution in [1.82, 2.24) is 0 Å². The molecule has 4 fully saturated rings. The maximum absolute atomic E-state index is 12.1. The van der Waals surface area contributed by atoms with Crippen LogP contribution in [0.5, 0.6) is 0 Å². The SMILES string of the molecule is CC12CCC(OC(=O)C3CCC4OC4C3)CC1O2. The first-order valence-electron chi connectivity index (χ1n) is 7.18. The topological polar surface area (TPSA) is 51.4 Å². The number of esters is 1. The molecule has 0 amide bonds. The molecule has 2 saturated heterocycles. The summed E-state index contributed by atoms with van der Waals surface area (Å²) in [5.41, 5.74) is 0.100.